The van der Waals surface area contributed by atoms with E-state index in [9.17, 15) is 8.42 Å². The van der Waals surface area contributed by atoms with E-state index in [0.717, 1.165) is 17.4 Å². The summed E-state index contributed by atoms with van der Waals surface area (Å²) < 4.78 is 28.3. The van der Waals surface area contributed by atoms with Gasteiger partial charge in [0.1, 0.15) is 0 Å². The van der Waals surface area contributed by atoms with Crippen LogP contribution in [0, 0.1) is 0 Å². The fourth-order valence-corrected chi connectivity index (χ4v) is 1.80. The van der Waals surface area contributed by atoms with Gasteiger partial charge >= 0.3 is 0 Å². The van der Waals surface area contributed by atoms with Crippen LogP contribution in [-0.2, 0) is 20.9 Å². The van der Waals surface area contributed by atoms with E-state index in [-0.39, 0.29) is 6.61 Å². The van der Waals surface area contributed by atoms with Crippen LogP contribution in [0.3, 0.4) is 0 Å². The molecule has 0 fully saturated rings. The lowest BCUT2D eigenvalue weighted by molar-refractivity contribution is 0.311. The van der Waals surface area contributed by atoms with Crippen LogP contribution >= 0.6 is 22.6 Å². The third-order valence-electron chi connectivity index (χ3n) is 1.73. The lowest BCUT2D eigenvalue weighted by Crippen LogP contribution is -2.03. The molecular formula is C10H11IO3S. The minimum absolute atomic E-state index is 0.0794. The number of benzene rings is 1. The Labute approximate surface area is 103 Å². The molecule has 0 heterocycles. The maximum absolute atomic E-state index is 10.8. The first kappa shape index (κ1) is 12.7. The van der Waals surface area contributed by atoms with Gasteiger partial charge in [0, 0.05) is 0 Å². The minimum atomic E-state index is -3.38. The fourth-order valence-electron chi connectivity index (χ4n) is 1.07. The Morgan fingerprint density at radius 1 is 1.40 bits per heavy atom. The number of rotatable bonds is 4. The Morgan fingerprint density at radius 3 is 2.67 bits per heavy atom. The van der Waals surface area contributed by atoms with E-state index in [1.807, 2.05) is 34.4 Å². The standard InChI is InChI=1S/C10H11IO3S/c1-15(12,13)14-8-10-5-3-2-4-9(10)6-7-11/h2-7H,8H2,1H3/b7-6-. The molecule has 5 heteroatoms. The van der Waals surface area contributed by atoms with Crippen LogP contribution in [0.2, 0.25) is 0 Å². The molecule has 1 aromatic rings. The van der Waals surface area contributed by atoms with Gasteiger partial charge in [-0.1, -0.05) is 46.9 Å². The van der Waals surface area contributed by atoms with Crippen LogP contribution in [0.4, 0.5) is 0 Å². The van der Waals surface area contributed by atoms with Gasteiger partial charge in [0.15, 0.2) is 0 Å². The summed E-state index contributed by atoms with van der Waals surface area (Å²) in [6.07, 6.45) is 2.95. The highest BCUT2D eigenvalue weighted by atomic mass is 127. The van der Waals surface area contributed by atoms with Gasteiger partial charge in [-0.3, -0.25) is 4.18 Å². The van der Waals surface area contributed by atoms with E-state index >= 15 is 0 Å². The summed E-state index contributed by atoms with van der Waals surface area (Å²) in [5.41, 5.74) is 1.83. The van der Waals surface area contributed by atoms with Gasteiger partial charge in [0.2, 0.25) is 0 Å². The Morgan fingerprint density at radius 2 is 2.07 bits per heavy atom. The van der Waals surface area contributed by atoms with Gasteiger partial charge in [0.05, 0.1) is 12.9 Å². The van der Waals surface area contributed by atoms with Crippen LogP contribution in [-0.4, -0.2) is 14.7 Å². The number of hydrogen-bond acceptors (Lipinski definition) is 3. The van der Waals surface area contributed by atoms with Gasteiger partial charge < -0.3 is 0 Å². The van der Waals surface area contributed by atoms with Gasteiger partial charge in [-0.05, 0) is 21.3 Å². The quantitative estimate of drug-likeness (QED) is 0.626. The molecule has 82 valence electrons. The van der Waals surface area contributed by atoms with E-state index in [1.165, 1.54) is 0 Å². The summed E-state index contributed by atoms with van der Waals surface area (Å²) in [4.78, 5) is 0. The van der Waals surface area contributed by atoms with Crippen molar-refractivity contribution in [3.63, 3.8) is 0 Å². The molecule has 0 unspecified atom stereocenters. The smallest absolute Gasteiger partial charge is 0.264 e. The second-order valence-corrected chi connectivity index (χ2v) is 5.32. The molecule has 0 aliphatic heterocycles. The molecule has 0 saturated carbocycles. The average molecular weight is 338 g/mol. The highest BCUT2D eigenvalue weighted by Gasteiger charge is 2.04. The maximum atomic E-state index is 10.8. The first-order chi connectivity index (χ1) is 7.03. The monoisotopic (exact) mass is 338 g/mol. The molecule has 0 amide bonds. The number of halogens is 1. The Kier molecular flexibility index (Phi) is 4.75. The highest BCUT2D eigenvalue weighted by Crippen LogP contribution is 2.13. The van der Waals surface area contributed by atoms with Crippen molar-refractivity contribution < 1.29 is 12.6 Å². The molecule has 0 spiro atoms. The topological polar surface area (TPSA) is 43.4 Å². The van der Waals surface area contributed by atoms with Crippen LogP contribution in [0.1, 0.15) is 11.1 Å². The highest BCUT2D eigenvalue weighted by molar-refractivity contribution is 14.1. The van der Waals surface area contributed by atoms with E-state index < -0.39 is 10.1 Å². The molecule has 15 heavy (non-hydrogen) atoms. The lowest BCUT2D eigenvalue weighted by Gasteiger charge is -2.05. The summed E-state index contributed by atoms with van der Waals surface area (Å²) in [5, 5.41) is 0. The van der Waals surface area contributed by atoms with E-state index in [1.54, 1.807) is 0 Å². The Bertz CT molecular complexity index is 451. The zero-order chi connectivity index (χ0) is 11.3. The minimum Gasteiger partial charge on any atom is -0.265 e. The van der Waals surface area contributed by atoms with Crippen LogP contribution in [0.25, 0.3) is 6.08 Å². The van der Waals surface area contributed by atoms with Crippen molar-refractivity contribution in [2.45, 2.75) is 6.61 Å². The first-order valence-electron chi connectivity index (χ1n) is 4.22. The molecule has 0 aliphatic rings. The molecule has 0 aliphatic carbocycles. The summed E-state index contributed by atoms with van der Waals surface area (Å²) in [7, 11) is -3.38. The third-order valence-corrected chi connectivity index (χ3v) is 2.63. The predicted octanol–water partition coefficient (Wildman–Crippen LogP) is 2.57. The molecule has 0 radical (unpaired) electrons. The molecule has 0 atom stereocenters. The molecule has 0 N–H and O–H groups in total. The molecule has 1 rings (SSSR count). The SMILES string of the molecule is CS(=O)(=O)OCc1ccccc1/C=C\I. The molecular weight excluding hydrogens is 327 g/mol. The largest absolute Gasteiger partial charge is 0.265 e. The van der Waals surface area contributed by atoms with Crippen LogP contribution in [0.5, 0.6) is 0 Å². The van der Waals surface area contributed by atoms with Crippen LogP contribution < -0.4 is 0 Å². The Hall–Kier alpha value is -0.400. The number of hydrogen-bond donors (Lipinski definition) is 0. The second-order valence-electron chi connectivity index (χ2n) is 2.96. The van der Waals surface area contributed by atoms with Crippen molar-refractivity contribution >= 4 is 38.8 Å². The average Bonchev–Trinajstić information content (AvgIpc) is 2.16. The fraction of sp³-hybridized carbons (Fsp3) is 0.200. The normalized spacial score (nSPS) is 12.1. The summed E-state index contributed by atoms with van der Waals surface area (Å²) >= 11 is 2.11. The second kappa shape index (κ2) is 5.62. The van der Waals surface area contributed by atoms with E-state index in [0.29, 0.717) is 0 Å². The summed E-state index contributed by atoms with van der Waals surface area (Å²) in [5.74, 6) is 0. The van der Waals surface area contributed by atoms with E-state index in [2.05, 4.69) is 22.6 Å². The zero-order valence-electron chi connectivity index (χ0n) is 8.18. The van der Waals surface area contributed by atoms with Gasteiger partial charge in [-0.25, -0.2) is 0 Å². The summed E-state index contributed by atoms with van der Waals surface area (Å²) in [6.45, 7) is 0.0794. The van der Waals surface area contributed by atoms with Crippen molar-refractivity contribution in [1.29, 1.82) is 0 Å². The molecule has 3 nitrogen and oxygen atoms in total. The van der Waals surface area contributed by atoms with Crippen molar-refractivity contribution in [3.05, 3.63) is 39.5 Å². The molecule has 0 aromatic heterocycles. The summed E-state index contributed by atoms with van der Waals surface area (Å²) in [6, 6.07) is 7.51. The van der Waals surface area contributed by atoms with Crippen molar-refractivity contribution in [1.82, 2.24) is 0 Å². The van der Waals surface area contributed by atoms with Gasteiger partial charge in [-0.15, -0.1) is 0 Å². The van der Waals surface area contributed by atoms with E-state index in [4.69, 9.17) is 4.18 Å². The molecule has 1 aromatic carbocycles. The predicted molar refractivity (Wildman–Crippen MR) is 69.1 cm³/mol. The third kappa shape index (κ3) is 4.76. The lowest BCUT2D eigenvalue weighted by atomic mass is 10.1. The van der Waals surface area contributed by atoms with Crippen molar-refractivity contribution in [3.8, 4) is 0 Å². The molecule has 0 saturated heterocycles. The van der Waals surface area contributed by atoms with Gasteiger partial charge in [-0.2, -0.15) is 8.42 Å². The van der Waals surface area contributed by atoms with Gasteiger partial charge in [0.25, 0.3) is 10.1 Å². The Balaban J connectivity index is 2.85. The first-order valence-corrected chi connectivity index (χ1v) is 7.28. The van der Waals surface area contributed by atoms with Crippen molar-refractivity contribution in [2.75, 3.05) is 6.26 Å². The zero-order valence-corrected chi connectivity index (χ0v) is 11.2. The molecule has 0 bridgehead atoms. The maximum Gasteiger partial charge on any atom is 0.264 e. The van der Waals surface area contributed by atoms with Crippen molar-refractivity contribution in [2.24, 2.45) is 0 Å². The van der Waals surface area contributed by atoms with Crippen LogP contribution in [0.15, 0.2) is 28.3 Å².